The van der Waals surface area contributed by atoms with Crippen LogP contribution in [-0.4, -0.2) is 64.5 Å². The number of esters is 1. The molecule has 0 aliphatic carbocycles. The molecule has 2 aromatic heterocycles. The first-order chi connectivity index (χ1) is 12.6. The van der Waals surface area contributed by atoms with E-state index in [0.717, 1.165) is 5.01 Å². The fourth-order valence-electron chi connectivity index (χ4n) is 2.49. The minimum atomic E-state index is -0.555. The maximum absolute atomic E-state index is 12.2. The van der Waals surface area contributed by atoms with E-state index in [1.165, 1.54) is 17.4 Å². The molecule has 0 aromatic carbocycles. The van der Waals surface area contributed by atoms with Crippen LogP contribution in [0.4, 0.5) is 5.95 Å². The molecule has 1 aliphatic rings. The molecular weight excluding hydrogens is 354 g/mol. The van der Waals surface area contributed by atoms with Gasteiger partial charge in [0, 0.05) is 50.0 Å². The zero-order valence-electron chi connectivity index (χ0n) is 14.4. The highest BCUT2D eigenvalue weighted by Gasteiger charge is 2.22. The molecule has 1 amide bonds. The average Bonchev–Trinajstić information content (AvgIpc) is 3.10. The summed E-state index contributed by atoms with van der Waals surface area (Å²) in [6.45, 7) is 4.01. The summed E-state index contributed by atoms with van der Waals surface area (Å²) >= 11 is 1.50. The quantitative estimate of drug-likeness (QED) is 0.574. The van der Waals surface area contributed by atoms with Gasteiger partial charge in [-0.15, -0.1) is 11.3 Å². The largest absolute Gasteiger partial charge is 0.452 e. The number of rotatable bonds is 5. The predicted molar refractivity (Wildman–Crippen MR) is 97.7 cm³/mol. The van der Waals surface area contributed by atoms with Crippen molar-refractivity contribution < 1.29 is 14.3 Å². The Morgan fingerprint density at radius 1 is 1.23 bits per heavy atom. The molecule has 136 valence electrons. The molecule has 0 bridgehead atoms. The van der Waals surface area contributed by atoms with Gasteiger partial charge in [-0.1, -0.05) is 0 Å². The number of aryl methyl sites for hydroxylation is 1. The monoisotopic (exact) mass is 373 g/mol. The number of ether oxygens (including phenoxy) is 1. The Morgan fingerprint density at radius 3 is 2.62 bits per heavy atom. The molecular formula is C17H19N5O3S. The second kappa shape index (κ2) is 8.52. The third-order valence-electron chi connectivity index (χ3n) is 3.83. The normalized spacial score (nSPS) is 14.7. The summed E-state index contributed by atoms with van der Waals surface area (Å²) in [7, 11) is 0. The van der Waals surface area contributed by atoms with E-state index in [1.807, 2.05) is 17.2 Å². The highest BCUT2D eigenvalue weighted by atomic mass is 32.1. The minimum Gasteiger partial charge on any atom is -0.452 e. The minimum absolute atomic E-state index is 0.204. The van der Waals surface area contributed by atoms with E-state index in [1.54, 1.807) is 29.4 Å². The van der Waals surface area contributed by atoms with Gasteiger partial charge in [0.25, 0.3) is 5.91 Å². The summed E-state index contributed by atoms with van der Waals surface area (Å²) in [6.07, 6.45) is 6.25. The number of carbonyl (C=O) groups is 2. The predicted octanol–water partition coefficient (Wildman–Crippen LogP) is 1.15. The zero-order chi connectivity index (χ0) is 18.4. The molecule has 0 saturated carbocycles. The fourth-order valence-corrected chi connectivity index (χ4v) is 3.07. The van der Waals surface area contributed by atoms with Gasteiger partial charge in [0.1, 0.15) is 0 Å². The van der Waals surface area contributed by atoms with E-state index in [2.05, 4.69) is 15.0 Å². The van der Waals surface area contributed by atoms with Gasteiger partial charge in [-0.05, 0) is 19.1 Å². The lowest BCUT2D eigenvalue weighted by Gasteiger charge is -2.34. The lowest BCUT2D eigenvalue weighted by Crippen LogP contribution is -2.50. The van der Waals surface area contributed by atoms with Crippen molar-refractivity contribution in [1.82, 2.24) is 19.9 Å². The van der Waals surface area contributed by atoms with E-state index < -0.39 is 5.97 Å². The summed E-state index contributed by atoms with van der Waals surface area (Å²) in [6, 6.07) is 1.77. The molecule has 9 heteroatoms. The molecule has 26 heavy (non-hydrogen) atoms. The van der Waals surface area contributed by atoms with Crippen LogP contribution in [0.15, 0.2) is 29.9 Å². The van der Waals surface area contributed by atoms with Gasteiger partial charge in [0.05, 0.1) is 10.7 Å². The number of hydrogen-bond acceptors (Lipinski definition) is 8. The van der Waals surface area contributed by atoms with Crippen LogP contribution in [0.2, 0.25) is 0 Å². The zero-order valence-corrected chi connectivity index (χ0v) is 15.2. The molecule has 1 saturated heterocycles. The average molecular weight is 373 g/mol. The second-order valence-corrected chi connectivity index (χ2v) is 6.71. The molecule has 2 aromatic rings. The van der Waals surface area contributed by atoms with Gasteiger partial charge in [-0.25, -0.2) is 19.7 Å². The highest BCUT2D eigenvalue weighted by molar-refractivity contribution is 7.09. The van der Waals surface area contributed by atoms with E-state index in [-0.39, 0.29) is 12.5 Å². The number of carbonyl (C=O) groups excluding carboxylic acids is 2. The topological polar surface area (TPSA) is 88.5 Å². The Morgan fingerprint density at radius 2 is 1.96 bits per heavy atom. The Labute approximate surface area is 155 Å². The number of thiazole rings is 1. The lowest BCUT2D eigenvalue weighted by atomic mass is 10.3. The van der Waals surface area contributed by atoms with Crippen molar-refractivity contribution in [1.29, 1.82) is 0 Å². The summed E-state index contributed by atoms with van der Waals surface area (Å²) < 4.78 is 5.02. The second-order valence-electron chi connectivity index (χ2n) is 5.65. The van der Waals surface area contributed by atoms with Crippen molar-refractivity contribution in [2.24, 2.45) is 0 Å². The van der Waals surface area contributed by atoms with Gasteiger partial charge < -0.3 is 14.5 Å². The first-order valence-electron chi connectivity index (χ1n) is 8.18. The number of aromatic nitrogens is 3. The third-order valence-corrected chi connectivity index (χ3v) is 4.62. The van der Waals surface area contributed by atoms with E-state index >= 15 is 0 Å². The van der Waals surface area contributed by atoms with Crippen molar-refractivity contribution in [3.63, 3.8) is 0 Å². The van der Waals surface area contributed by atoms with Crippen molar-refractivity contribution in [3.05, 3.63) is 40.6 Å². The summed E-state index contributed by atoms with van der Waals surface area (Å²) in [5.41, 5.74) is 0.704. The highest BCUT2D eigenvalue weighted by Crippen LogP contribution is 2.10. The number of hydrogen-bond donors (Lipinski definition) is 0. The summed E-state index contributed by atoms with van der Waals surface area (Å²) in [5.74, 6) is -0.0985. The van der Waals surface area contributed by atoms with Gasteiger partial charge in [0.15, 0.2) is 6.61 Å². The Kier molecular flexibility index (Phi) is 5.90. The lowest BCUT2D eigenvalue weighted by molar-refractivity contribution is -0.148. The molecule has 1 fully saturated rings. The molecule has 0 radical (unpaired) electrons. The van der Waals surface area contributed by atoms with Crippen molar-refractivity contribution in [2.45, 2.75) is 6.92 Å². The van der Waals surface area contributed by atoms with Crippen LogP contribution in [0.5, 0.6) is 0 Å². The summed E-state index contributed by atoms with van der Waals surface area (Å²) in [4.78, 5) is 40.2. The van der Waals surface area contributed by atoms with Crippen LogP contribution < -0.4 is 4.90 Å². The third kappa shape index (κ3) is 4.85. The molecule has 0 unspecified atom stereocenters. The molecule has 3 rings (SSSR count). The van der Waals surface area contributed by atoms with Crippen LogP contribution in [0.25, 0.3) is 6.08 Å². The molecule has 1 aliphatic heterocycles. The maximum Gasteiger partial charge on any atom is 0.331 e. The van der Waals surface area contributed by atoms with Gasteiger partial charge in [-0.2, -0.15) is 0 Å². The Bertz CT molecular complexity index is 785. The standard InChI is InChI=1S/C17H19N5O3S/c1-13-20-14(12-26-13)3-4-16(24)25-11-15(23)21-7-9-22(10-8-21)17-18-5-2-6-19-17/h2-6,12H,7-11H2,1H3/b4-3+. The SMILES string of the molecule is Cc1nc(/C=C/C(=O)OCC(=O)N2CCN(c3ncccn3)CC2)cs1. The number of nitrogens with zero attached hydrogens (tertiary/aromatic N) is 5. The van der Waals surface area contributed by atoms with Crippen LogP contribution in [0.1, 0.15) is 10.7 Å². The first kappa shape index (κ1) is 18.0. The summed E-state index contributed by atoms with van der Waals surface area (Å²) in [5, 5.41) is 2.77. The van der Waals surface area contributed by atoms with Crippen molar-refractivity contribution in [3.8, 4) is 0 Å². The molecule has 3 heterocycles. The van der Waals surface area contributed by atoms with Crippen LogP contribution in [0.3, 0.4) is 0 Å². The molecule has 0 spiro atoms. The van der Waals surface area contributed by atoms with Crippen molar-refractivity contribution >= 4 is 35.2 Å². The number of piperazine rings is 1. The van der Waals surface area contributed by atoms with Gasteiger partial charge in [-0.3, -0.25) is 4.79 Å². The van der Waals surface area contributed by atoms with Crippen LogP contribution in [0, 0.1) is 6.92 Å². The van der Waals surface area contributed by atoms with Gasteiger partial charge in [0.2, 0.25) is 5.95 Å². The molecule has 0 atom stereocenters. The maximum atomic E-state index is 12.2. The first-order valence-corrected chi connectivity index (χ1v) is 9.06. The van der Waals surface area contributed by atoms with Gasteiger partial charge >= 0.3 is 5.97 Å². The van der Waals surface area contributed by atoms with E-state index in [0.29, 0.717) is 37.8 Å². The molecule has 0 N–H and O–H groups in total. The van der Waals surface area contributed by atoms with E-state index in [4.69, 9.17) is 4.74 Å². The van der Waals surface area contributed by atoms with Crippen LogP contribution >= 0.6 is 11.3 Å². The fraction of sp³-hybridized carbons (Fsp3) is 0.353. The number of amides is 1. The Balaban J connectivity index is 1.41. The van der Waals surface area contributed by atoms with E-state index in [9.17, 15) is 9.59 Å². The van der Waals surface area contributed by atoms with Crippen molar-refractivity contribution in [2.75, 3.05) is 37.7 Å². The Hall–Kier alpha value is -2.81. The molecule has 8 nitrogen and oxygen atoms in total. The van der Waals surface area contributed by atoms with Crippen LogP contribution in [-0.2, 0) is 14.3 Å². The number of anilines is 1. The smallest absolute Gasteiger partial charge is 0.331 e.